The van der Waals surface area contributed by atoms with Crippen molar-refractivity contribution in [3.05, 3.63) is 114 Å². The molecule has 7 nitrogen and oxygen atoms in total. The molecule has 21 heteroatoms. The van der Waals surface area contributed by atoms with Crippen LogP contribution >= 0.6 is 0 Å². The summed E-state index contributed by atoms with van der Waals surface area (Å²) in [6.45, 7) is 0. The van der Waals surface area contributed by atoms with Gasteiger partial charge in [0.15, 0.2) is 0 Å². The number of nitriles is 7. The maximum atomic E-state index is 15.1. The summed E-state index contributed by atoms with van der Waals surface area (Å²) in [7, 11) is 0. The van der Waals surface area contributed by atoms with Crippen molar-refractivity contribution in [2.45, 2.75) is 24.7 Å². The number of rotatable bonds is 2. The second-order valence-electron chi connectivity index (χ2n) is 11.6. The standard InChI is InChI=1S/C37H5F14N7/c38-24-3-13(1-22(34(40,41)42)32(24)36(46,47)48)26-19(10-56)17-5-18-28(15(6-52)7-53)27(14-2-23(35(43,44)45)33(25(39)4-14)37(49,50)51)20(11-57)30(18)21(12-58)31(17)29(26)16(8-54)9-55/h1-5H. The lowest BCUT2D eigenvalue weighted by atomic mass is 9.85. The van der Waals surface area contributed by atoms with Crippen molar-refractivity contribution in [3.63, 3.8) is 0 Å². The second-order valence-corrected chi connectivity index (χ2v) is 11.6. The fourth-order valence-corrected chi connectivity index (χ4v) is 6.59. The van der Waals surface area contributed by atoms with Crippen LogP contribution in [0.3, 0.4) is 0 Å². The summed E-state index contributed by atoms with van der Waals surface area (Å²) in [5, 5.41) is 70.6. The fraction of sp³-hybridized carbons (Fsp3) is 0.108. The van der Waals surface area contributed by atoms with E-state index < -0.39 is 142 Å². The quantitative estimate of drug-likeness (QED) is 0.183. The van der Waals surface area contributed by atoms with Crippen LogP contribution in [-0.4, -0.2) is 0 Å². The molecule has 0 aromatic heterocycles. The molecule has 286 valence electrons. The fourth-order valence-electron chi connectivity index (χ4n) is 6.59. The van der Waals surface area contributed by atoms with Crippen molar-refractivity contribution in [1.82, 2.24) is 0 Å². The van der Waals surface area contributed by atoms with E-state index >= 15 is 8.78 Å². The Labute approximate surface area is 313 Å². The highest BCUT2D eigenvalue weighted by atomic mass is 19.4. The van der Waals surface area contributed by atoms with E-state index in [1.807, 2.05) is 0 Å². The topological polar surface area (TPSA) is 167 Å². The molecule has 0 atom stereocenters. The maximum absolute atomic E-state index is 15.1. The van der Waals surface area contributed by atoms with Gasteiger partial charge in [0.05, 0.1) is 27.8 Å². The number of halogens is 14. The van der Waals surface area contributed by atoms with Crippen molar-refractivity contribution in [2.75, 3.05) is 0 Å². The summed E-state index contributed by atoms with van der Waals surface area (Å²) >= 11 is 0. The van der Waals surface area contributed by atoms with Gasteiger partial charge in [-0.1, -0.05) is 0 Å². The van der Waals surface area contributed by atoms with E-state index in [1.165, 1.54) is 42.5 Å². The van der Waals surface area contributed by atoms with Crippen molar-refractivity contribution in [2.24, 2.45) is 0 Å². The molecule has 5 rings (SSSR count). The molecule has 0 amide bonds. The largest absolute Gasteiger partial charge is 0.419 e. The van der Waals surface area contributed by atoms with Crippen LogP contribution in [0.2, 0.25) is 0 Å². The Morgan fingerprint density at radius 1 is 0.431 bits per heavy atom. The van der Waals surface area contributed by atoms with E-state index in [4.69, 9.17) is 0 Å². The molecule has 0 heterocycles. The molecule has 3 aromatic carbocycles. The van der Waals surface area contributed by atoms with Crippen LogP contribution in [0.4, 0.5) is 61.5 Å². The minimum absolute atomic E-state index is 0.131. The van der Waals surface area contributed by atoms with Crippen LogP contribution in [0, 0.1) is 91.0 Å². The minimum atomic E-state index is -5.97. The molecule has 0 fully saturated rings. The van der Waals surface area contributed by atoms with E-state index in [0.29, 0.717) is 6.07 Å². The van der Waals surface area contributed by atoms with E-state index in [9.17, 15) is 89.5 Å². The number of hydrogen-bond acceptors (Lipinski definition) is 7. The molecule has 0 aliphatic heterocycles. The summed E-state index contributed by atoms with van der Waals surface area (Å²) < 4.78 is 196. The first-order valence-corrected chi connectivity index (χ1v) is 14.8. The Kier molecular flexibility index (Phi) is 9.72. The molecule has 0 bridgehead atoms. The monoisotopic (exact) mass is 813 g/mol. The molecule has 3 aromatic rings. The molecule has 2 aliphatic carbocycles. The first kappa shape index (κ1) is 41.2. The number of nitrogens with zero attached hydrogens (tertiary/aromatic N) is 7. The lowest BCUT2D eigenvalue weighted by molar-refractivity contribution is -0.163. The third kappa shape index (κ3) is 6.30. The van der Waals surface area contributed by atoms with Crippen LogP contribution in [0.5, 0.6) is 0 Å². The van der Waals surface area contributed by atoms with E-state index in [1.54, 1.807) is 0 Å². The SMILES string of the molecule is N#CC(C#N)=C1C(c2cc(F)c(C(F)(F)F)c(C(F)(F)F)c2)=C(C#N)c2c1cc1c(c2C#N)C(=C(C#N)C#N)C(c2cc(F)c(C(F)(F)F)c(C(F)(F)F)c2)=C1C#N. The average molecular weight is 813 g/mol. The van der Waals surface area contributed by atoms with Gasteiger partial charge >= 0.3 is 24.7 Å². The molecule has 0 unspecified atom stereocenters. The van der Waals surface area contributed by atoms with Crippen molar-refractivity contribution < 1.29 is 61.5 Å². The van der Waals surface area contributed by atoms with Crippen LogP contribution in [-0.2, 0) is 24.7 Å². The molecule has 2 aliphatic rings. The zero-order valence-electron chi connectivity index (χ0n) is 27.3. The first-order valence-electron chi connectivity index (χ1n) is 14.8. The summed E-state index contributed by atoms with van der Waals surface area (Å²) in [4.78, 5) is 0. The number of hydrogen-bond donors (Lipinski definition) is 0. The van der Waals surface area contributed by atoms with Gasteiger partial charge in [-0.05, 0) is 47.0 Å². The average Bonchev–Trinajstić information content (AvgIpc) is 3.62. The third-order valence-electron chi connectivity index (χ3n) is 8.58. The highest BCUT2D eigenvalue weighted by Gasteiger charge is 2.49. The third-order valence-corrected chi connectivity index (χ3v) is 8.58. The Balaban J connectivity index is 2.03. The van der Waals surface area contributed by atoms with E-state index in [2.05, 4.69) is 0 Å². The second kappa shape index (κ2) is 13.7. The van der Waals surface area contributed by atoms with Gasteiger partial charge in [-0.2, -0.15) is 89.5 Å². The van der Waals surface area contributed by atoms with E-state index in [-0.39, 0.29) is 24.3 Å². The van der Waals surface area contributed by atoms with Gasteiger partial charge in [-0.15, -0.1) is 0 Å². The molecule has 58 heavy (non-hydrogen) atoms. The lowest BCUT2D eigenvalue weighted by Gasteiger charge is -2.19. The zero-order valence-corrected chi connectivity index (χ0v) is 27.3. The van der Waals surface area contributed by atoms with Crippen molar-refractivity contribution in [3.8, 4) is 42.5 Å². The molecule has 0 saturated carbocycles. The molecular weight excluding hydrogens is 808 g/mol. The van der Waals surface area contributed by atoms with Crippen molar-refractivity contribution >= 4 is 33.4 Å². The molecule has 0 N–H and O–H groups in total. The van der Waals surface area contributed by atoms with Gasteiger partial charge in [-0.25, -0.2) is 8.78 Å². The summed E-state index contributed by atoms with van der Waals surface area (Å²) in [6, 6.07) is 9.43. The van der Waals surface area contributed by atoms with Crippen molar-refractivity contribution in [1.29, 1.82) is 36.8 Å². The predicted molar refractivity (Wildman–Crippen MR) is 165 cm³/mol. The lowest BCUT2D eigenvalue weighted by Crippen LogP contribution is -2.19. The van der Waals surface area contributed by atoms with Crippen LogP contribution < -0.4 is 0 Å². The van der Waals surface area contributed by atoms with Gasteiger partial charge in [0, 0.05) is 39.0 Å². The minimum Gasteiger partial charge on any atom is -0.206 e. The number of fused-ring (bicyclic) bond motifs is 2. The van der Waals surface area contributed by atoms with Gasteiger partial charge in [-0.3, -0.25) is 0 Å². The molecule has 0 spiro atoms. The molecule has 0 radical (unpaired) electrons. The summed E-state index contributed by atoms with van der Waals surface area (Å²) in [5.74, 6) is -5.12. The van der Waals surface area contributed by atoms with Gasteiger partial charge in [0.1, 0.15) is 76.4 Å². The Morgan fingerprint density at radius 2 is 0.828 bits per heavy atom. The highest BCUT2D eigenvalue weighted by Crippen LogP contribution is 2.57. The Hall–Kier alpha value is -7.93. The maximum Gasteiger partial charge on any atom is 0.419 e. The zero-order chi connectivity index (χ0) is 43.6. The van der Waals surface area contributed by atoms with Gasteiger partial charge in [0.2, 0.25) is 0 Å². The van der Waals surface area contributed by atoms with E-state index in [0.717, 1.165) is 0 Å². The normalized spacial score (nSPS) is 13.7. The first-order chi connectivity index (χ1) is 26.9. The molecule has 0 saturated heterocycles. The van der Waals surface area contributed by atoms with Crippen LogP contribution in [0.25, 0.3) is 33.4 Å². The number of alkyl halides is 12. The van der Waals surface area contributed by atoms with Crippen LogP contribution in [0.15, 0.2) is 41.5 Å². The highest BCUT2D eigenvalue weighted by molar-refractivity contribution is 6.31. The smallest absolute Gasteiger partial charge is 0.206 e. The Bertz CT molecular complexity index is 2830. The Morgan fingerprint density at radius 3 is 1.17 bits per heavy atom. The number of allylic oxidation sites excluding steroid dienone is 8. The van der Waals surface area contributed by atoms with Gasteiger partial charge < -0.3 is 0 Å². The predicted octanol–water partition coefficient (Wildman–Crippen LogP) is 10.4. The molecular formula is C37H5F14N7. The van der Waals surface area contributed by atoms with Gasteiger partial charge in [0.25, 0.3) is 0 Å². The van der Waals surface area contributed by atoms with Crippen LogP contribution in [0.1, 0.15) is 61.2 Å². The summed E-state index contributed by atoms with van der Waals surface area (Å²) in [6.07, 6.45) is -23.8. The number of benzene rings is 3. The summed E-state index contributed by atoms with van der Waals surface area (Å²) in [5.41, 5.74) is -26.1.